The summed E-state index contributed by atoms with van der Waals surface area (Å²) in [6, 6.07) is 5.17. The van der Waals surface area contributed by atoms with Crippen molar-refractivity contribution in [3.63, 3.8) is 0 Å². The van der Waals surface area contributed by atoms with E-state index in [1.165, 1.54) is 17.2 Å². The Morgan fingerprint density at radius 3 is 2.70 bits per heavy atom. The van der Waals surface area contributed by atoms with Gasteiger partial charge in [-0.2, -0.15) is 0 Å². The van der Waals surface area contributed by atoms with E-state index in [0.29, 0.717) is 24.3 Å². The van der Waals surface area contributed by atoms with Crippen LogP contribution in [-0.4, -0.2) is 29.0 Å². The molecule has 3 nitrogen and oxygen atoms in total. The minimum absolute atomic E-state index is 0.172. The maximum absolute atomic E-state index is 14.6. The van der Waals surface area contributed by atoms with E-state index >= 15 is 0 Å². The van der Waals surface area contributed by atoms with Crippen LogP contribution in [0.2, 0.25) is 0 Å². The molecule has 4 atom stereocenters. The summed E-state index contributed by atoms with van der Waals surface area (Å²) in [5, 5.41) is 19.5. The zero-order valence-electron chi connectivity index (χ0n) is 18.8. The van der Waals surface area contributed by atoms with Crippen molar-refractivity contribution in [1.82, 2.24) is 0 Å². The molecule has 2 N–H and O–H groups in total. The lowest BCUT2D eigenvalue weighted by Crippen LogP contribution is -2.33. The van der Waals surface area contributed by atoms with E-state index in [-0.39, 0.29) is 12.4 Å². The van der Waals surface area contributed by atoms with Crippen LogP contribution in [0.15, 0.2) is 53.6 Å². The van der Waals surface area contributed by atoms with Crippen LogP contribution in [0, 0.1) is 11.7 Å². The Morgan fingerprint density at radius 2 is 2.07 bits per heavy atom. The van der Waals surface area contributed by atoms with Crippen LogP contribution in [0.25, 0.3) is 0 Å². The molecule has 0 bridgehead atoms. The lowest BCUT2D eigenvalue weighted by Gasteiger charge is -2.32. The van der Waals surface area contributed by atoms with Gasteiger partial charge in [-0.1, -0.05) is 56.7 Å². The van der Waals surface area contributed by atoms with Gasteiger partial charge >= 0.3 is 0 Å². The predicted molar refractivity (Wildman–Crippen MR) is 121 cm³/mol. The first-order chi connectivity index (χ1) is 14.4. The van der Waals surface area contributed by atoms with Crippen LogP contribution in [0.4, 0.5) is 4.39 Å². The molecule has 1 aliphatic heterocycles. The van der Waals surface area contributed by atoms with Crippen LogP contribution in [-0.2, 0) is 11.2 Å². The van der Waals surface area contributed by atoms with Crippen molar-refractivity contribution in [2.45, 2.75) is 78.1 Å². The molecule has 0 radical (unpaired) electrons. The third-order valence-corrected chi connectivity index (χ3v) is 5.91. The maximum Gasteiger partial charge on any atom is 0.129 e. The molecule has 1 fully saturated rings. The fourth-order valence-corrected chi connectivity index (χ4v) is 3.83. The summed E-state index contributed by atoms with van der Waals surface area (Å²) in [4.78, 5) is 0. The number of hydrogen-bond acceptors (Lipinski definition) is 3. The summed E-state index contributed by atoms with van der Waals surface area (Å²) in [6.07, 6.45) is 10.4. The van der Waals surface area contributed by atoms with Gasteiger partial charge in [0.1, 0.15) is 5.82 Å². The molecule has 0 amide bonds. The SMILES string of the molecule is C\C=C/C=C(/C=C(\CC)Cc1ccc(F)c(C2CC(O)CC(CO)O2)c1)C(C)CC. The molecule has 1 heterocycles. The van der Waals surface area contributed by atoms with E-state index in [1.807, 2.05) is 25.1 Å². The van der Waals surface area contributed by atoms with Crippen LogP contribution in [0.1, 0.15) is 70.6 Å². The van der Waals surface area contributed by atoms with Gasteiger partial charge in [-0.25, -0.2) is 4.39 Å². The van der Waals surface area contributed by atoms with Crippen LogP contribution >= 0.6 is 0 Å². The second kappa shape index (κ2) is 12.2. The minimum Gasteiger partial charge on any atom is -0.394 e. The highest BCUT2D eigenvalue weighted by Gasteiger charge is 2.30. The Balaban J connectivity index is 2.27. The van der Waals surface area contributed by atoms with Gasteiger partial charge in [-0.3, -0.25) is 0 Å². The van der Waals surface area contributed by atoms with Gasteiger partial charge in [0.25, 0.3) is 0 Å². The average molecular weight is 417 g/mol. The van der Waals surface area contributed by atoms with Gasteiger partial charge < -0.3 is 14.9 Å². The molecular formula is C26H37FO3. The van der Waals surface area contributed by atoms with Crippen molar-refractivity contribution in [2.24, 2.45) is 5.92 Å². The quantitative estimate of drug-likeness (QED) is 0.498. The lowest BCUT2D eigenvalue weighted by molar-refractivity contribution is -0.114. The number of allylic oxidation sites excluding steroid dienone is 6. The van der Waals surface area contributed by atoms with E-state index in [2.05, 4.69) is 39.0 Å². The number of benzene rings is 1. The van der Waals surface area contributed by atoms with Crippen molar-refractivity contribution in [2.75, 3.05) is 6.61 Å². The number of ether oxygens (including phenoxy) is 1. The smallest absolute Gasteiger partial charge is 0.129 e. The van der Waals surface area contributed by atoms with E-state index in [1.54, 1.807) is 0 Å². The Labute approximate surface area is 181 Å². The molecule has 0 aliphatic carbocycles. The van der Waals surface area contributed by atoms with E-state index in [0.717, 1.165) is 24.8 Å². The van der Waals surface area contributed by atoms with E-state index in [9.17, 15) is 14.6 Å². The van der Waals surface area contributed by atoms with Gasteiger partial charge in [-0.15, -0.1) is 0 Å². The van der Waals surface area contributed by atoms with Gasteiger partial charge in [0.05, 0.1) is 24.9 Å². The molecule has 30 heavy (non-hydrogen) atoms. The summed E-state index contributed by atoms with van der Waals surface area (Å²) in [6.45, 7) is 8.42. The Bertz CT molecular complexity index is 766. The monoisotopic (exact) mass is 416 g/mol. The number of rotatable bonds is 9. The van der Waals surface area contributed by atoms with Crippen LogP contribution in [0.5, 0.6) is 0 Å². The molecule has 1 aromatic carbocycles. The summed E-state index contributed by atoms with van der Waals surface area (Å²) < 4.78 is 20.4. The van der Waals surface area contributed by atoms with Gasteiger partial charge in [0.2, 0.25) is 0 Å². The molecule has 2 rings (SSSR count). The molecular weight excluding hydrogens is 379 g/mol. The second-order valence-electron chi connectivity index (χ2n) is 8.25. The van der Waals surface area contributed by atoms with E-state index in [4.69, 9.17) is 4.74 Å². The number of hydrogen-bond donors (Lipinski definition) is 2. The third kappa shape index (κ3) is 6.90. The largest absolute Gasteiger partial charge is 0.394 e. The van der Waals surface area contributed by atoms with Crippen LogP contribution in [0.3, 0.4) is 0 Å². The molecule has 0 aromatic heterocycles. The van der Waals surface area contributed by atoms with Crippen molar-refractivity contribution < 1.29 is 19.3 Å². The van der Waals surface area contributed by atoms with Crippen molar-refractivity contribution in [3.05, 3.63) is 70.6 Å². The molecule has 1 aromatic rings. The number of aliphatic hydroxyl groups excluding tert-OH is 2. The summed E-state index contributed by atoms with van der Waals surface area (Å²) in [7, 11) is 0. The predicted octanol–water partition coefficient (Wildman–Crippen LogP) is 5.83. The minimum atomic E-state index is -0.593. The first-order valence-corrected chi connectivity index (χ1v) is 11.2. The Morgan fingerprint density at radius 1 is 1.30 bits per heavy atom. The molecule has 0 spiro atoms. The fraction of sp³-hybridized carbons (Fsp3) is 0.538. The van der Waals surface area contributed by atoms with Crippen molar-refractivity contribution in [3.8, 4) is 0 Å². The van der Waals surface area contributed by atoms with Crippen molar-refractivity contribution >= 4 is 0 Å². The number of halogens is 1. The van der Waals surface area contributed by atoms with Gasteiger partial charge in [0.15, 0.2) is 0 Å². The normalized spacial score (nSPS) is 24.4. The van der Waals surface area contributed by atoms with Gasteiger partial charge in [-0.05, 0) is 55.4 Å². The third-order valence-electron chi connectivity index (χ3n) is 5.91. The van der Waals surface area contributed by atoms with E-state index < -0.39 is 18.3 Å². The molecule has 4 heteroatoms. The molecule has 166 valence electrons. The number of aliphatic hydroxyl groups is 2. The van der Waals surface area contributed by atoms with Crippen LogP contribution < -0.4 is 0 Å². The lowest BCUT2D eigenvalue weighted by atomic mass is 9.91. The Kier molecular flexibility index (Phi) is 9.96. The second-order valence-corrected chi connectivity index (χ2v) is 8.25. The first-order valence-electron chi connectivity index (χ1n) is 11.2. The van der Waals surface area contributed by atoms with Gasteiger partial charge in [0, 0.05) is 18.4 Å². The summed E-state index contributed by atoms with van der Waals surface area (Å²) in [5.74, 6) is 0.143. The first kappa shape index (κ1) is 24.5. The summed E-state index contributed by atoms with van der Waals surface area (Å²) >= 11 is 0. The van der Waals surface area contributed by atoms with Crippen molar-refractivity contribution in [1.29, 1.82) is 0 Å². The maximum atomic E-state index is 14.6. The Hall–Kier alpha value is -1.75. The zero-order chi connectivity index (χ0) is 22.1. The molecule has 1 saturated heterocycles. The standard InChI is InChI=1S/C26H37FO3/c1-5-8-9-21(18(4)6-2)13-19(7-3)12-20-10-11-25(27)24(14-20)26-16-22(29)15-23(17-28)30-26/h5,8-11,13-14,18,22-23,26,28-29H,6-7,12,15-17H2,1-4H3/b8-5-,19-13+,21-9-. The molecule has 0 saturated carbocycles. The topological polar surface area (TPSA) is 49.7 Å². The highest BCUT2D eigenvalue weighted by Crippen LogP contribution is 2.34. The molecule has 4 unspecified atom stereocenters. The highest BCUT2D eigenvalue weighted by molar-refractivity contribution is 5.34. The average Bonchev–Trinajstić information content (AvgIpc) is 2.75. The fourth-order valence-electron chi connectivity index (χ4n) is 3.83. The zero-order valence-corrected chi connectivity index (χ0v) is 18.8. The summed E-state index contributed by atoms with van der Waals surface area (Å²) in [5.41, 5.74) is 4.09. The highest BCUT2D eigenvalue weighted by atomic mass is 19.1. The molecule has 1 aliphatic rings.